The van der Waals surface area contributed by atoms with E-state index in [4.69, 9.17) is 4.74 Å². The number of urea groups is 1. The smallest absolute Gasteiger partial charge is 0.326 e. The van der Waals surface area contributed by atoms with Crippen molar-refractivity contribution in [1.29, 1.82) is 0 Å². The van der Waals surface area contributed by atoms with Gasteiger partial charge >= 0.3 is 6.03 Å². The molecule has 7 nitrogen and oxygen atoms in total. The molecular formula is C31H32FN3O4S. The van der Waals surface area contributed by atoms with Gasteiger partial charge < -0.3 is 10.1 Å². The molecule has 0 radical (unpaired) electrons. The van der Waals surface area contributed by atoms with Gasteiger partial charge in [-0.2, -0.15) is 0 Å². The van der Waals surface area contributed by atoms with E-state index in [1.54, 1.807) is 54.6 Å². The van der Waals surface area contributed by atoms with E-state index in [1.807, 2.05) is 30.3 Å². The summed E-state index contributed by atoms with van der Waals surface area (Å²) in [6.45, 7) is 6.07. The van der Waals surface area contributed by atoms with Crippen LogP contribution in [0, 0.1) is 5.82 Å². The number of carbonyl (C=O) groups excluding carboxylic acids is 1. The molecule has 0 unspecified atom stereocenters. The minimum atomic E-state index is -3.82. The fourth-order valence-electron chi connectivity index (χ4n) is 3.92. The summed E-state index contributed by atoms with van der Waals surface area (Å²) >= 11 is 0. The second kappa shape index (κ2) is 12.3. The number of benzene rings is 4. The Bertz CT molecular complexity index is 1540. The zero-order chi connectivity index (χ0) is 28.8. The second-order valence-corrected chi connectivity index (χ2v) is 11.9. The van der Waals surface area contributed by atoms with E-state index >= 15 is 0 Å². The van der Waals surface area contributed by atoms with Gasteiger partial charge in [0.1, 0.15) is 17.3 Å². The average molecular weight is 562 g/mol. The van der Waals surface area contributed by atoms with E-state index in [0.29, 0.717) is 17.2 Å². The number of rotatable bonds is 9. The molecule has 208 valence electrons. The first-order valence-corrected chi connectivity index (χ1v) is 14.3. The van der Waals surface area contributed by atoms with E-state index in [2.05, 4.69) is 30.8 Å². The van der Waals surface area contributed by atoms with E-state index in [1.165, 1.54) is 23.1 Å². The maximum absolute atomic E-state index is 14.2. The lowest BCUT2D eigenvalue weighted by molar-refractivity contribution is 0.257. The highest BCUT2D eigenvalue weighted by molar-refractivity contribution is 7.89. The number of nitrogens with zero attached hydrogens (tertiary/aromatic N) is 1. The van der Waals surface area contributed by atoms with Crippen LogP contribution in [-0.2, 0) is 15.4 Å². The van der Waals surface area contributed by atoms with Crippen molar-refractivity contribution in [2.24, 2.45) is 0 Å². The number of sulfonamides is 1. The average Bonchev–Trinajstić information content (AvgIpc) is 2.93. The Morgan fingerprint density at radius 3 is 2.05 bits per heavy atom. The zero-order valence-electron chi connectivity index (χ0n) is 22.6. The Morgan fingerprint density at radius 2 is 1.43 bits per heavy atom. The van der Waals surface area contributed by atoms with Crippen LogP contribution in [0.2, 0.25) is 0 Å². The zero-order valence-corrected chi connectivity index (χ0v) is 23.4. The molecule has 0 atom stereocenters. The lowest BCUT2D eigenvalue weighted by Gasteiger charge is -2.24. The topological polar surface area (TPSA) is 87.7 Å². The largest absolute Gasteiger partial charge is 0.457 e. The van der Waals surface area contributed by atoms with Crippen LogP contribution >= 0.6 is 0 Å². The molecule has 4 aromatic carbocycles. The number of amides is 2. The molecule has 0 aromatic heterocycles. The van der Waals surface area contributed by atoms with Gasteiger partial charge in [-0.1, -0.05) is 63.2 Å². The van der Waals surface area contributed by atoms with E-state index < -0.39 is 21.9 Å². The number of halogens is 1. The third-order valence-corrected chi connectivity index (χ3v) is 7.62. The van der Waals surface area contributed by atoms with Gasteiger partial charge in [0.25, 0.3) is 0 Å². The van der Waals surface area contributed by atoms with Gasteiger partial charge in [-0.15, -0.1) is 0 Å². The van der Waals surface area contributed by atoms with Crippen molar-refractivity contribution >= 4 is 27.4 Å². The molecule has 2 amide bonds. The summed E-state index contributed by atoms with van der Waals surface area (Å²) < 4.78 is 48.5. The van der Waals surface area contributed by atoms with E-state index in [-0.39, 0.29) is 29.1 Å². The number of hydrogen-bond acceptors (Lipinski definition) is 4. The van der Waals surface area contributed by atoms with Gasteiger partial charge in [0.05, 0.1) is 10.6 Å². The van der Waals surface area contributed by atoms with Crippen LogP contribution in [-0.4, -0.2) is 27.5 Å². The summed E-state index contributed by atoms with van der Waals surface area (Å²) in [6.07, 6.45) is 0. The first-order chi connectivity index (χ1) is 19.0. The molecule has 0 aliphatic rings. The highest BCUT2D eigenvalue weighted by Gasteiger charge is 2.21. The molecule has 0 saturated carbocycles. The summed E-state index contributed by atoms with van der Waals surface area (Å²) in [4.78, 5) is 14.7. The molecule has 0 spiro atoms. The van der Waals surface area contributed by atoms with E-state index in [0.717, 1.165) is 5.56 Å². The van der Waals surface area contributed by atoms with Crippen molar-refractivity contribution in [1.82, 2.24) is 4.72 Å². The molecule has 2 N–H and O–H groups in total. The summed E-state index contributed by atoms with van der Waals surface area (Å²) in [5.74, 6) is 0.639. The molecule has 0 fully saturated rings. The van der Waals surface area contributed by atoms with Crippen molar-refractivity contribution < 1.29 is 22.3 Å². The van der Waals surface area contributed by atoms with Crippen LogP contribution in [0.3, 0.4) is 0 Å². The van der Waals surface area contributed by atoms with Crippen LogP contribution in [0.15, 0.2) is 108 Å². The SMILES string of the molecule is CC(C)(C)c1ccc(S(=O)(=O)NCCN(C(=O)Nc2ccccc2F)c2ccc(Oc3ccccc3)cc2)cc1. The molecule has 0 heterocycles. The van der Waals surface area contributed by atoms with Crippen LogP contribution in [0.5, 0.6) is 11.5 Å². The van der Waals surface area contributed by atoms with Crippen LogP contribution in [0.25, 0.3) is 0 Å². The predicted molar refractivity (Wildman–Crippen MR) is 156 cm³/mol. The molecule has 40 heavy (non-hydrogen) atoms. The van der Waals surface area contributed by atoms with Crippen molar-refractivity contribution in [2.45, 2.75) is 31.1 Å². The normalized spacial score (nSPS) is 11.6. The number of nitrogens with one attached hydrogen (secondary N) is 2. The fraction of sp³-hybridized carbons (Fsp3) is 0.194. The third-order valence-electron chi connectivity index (χ3n) is 6.15. The standard InChI is InChI=1S/C31H32FN3O4S/c1-31(2,3)23-13-19-27(20-14-23)40(37,38)33-21-22-35(30(36)34-29-12-8-7-11-28(29)32)24-15-17-26(18-16-24)39-25-9-5-4-6-10-25/h4-20,33H,21-22H2,1-3H3,(H,34,36). The van der Waals surface area contributed by atoms with Crippen LogP contribution in [0.4, 0.5) is 20.6 Å². The molecule has 0 bridgehead atoms. The summed E-state index contributed by atoms with van der Waals surface area (Å²) in [6, 6.07) is 27.9. The Labute approximate surface area is 234 Å². The fourth-order valence-corrected chi connectivity index (χ4v) is 4.94. The Morgan fingerprint density at radius 1 is 0.825 bits per heavy atom. The first kappa shape index (κ1) is 28.8. The second-order valence-electron chi connectivity index (χ2n) is 10.1. The van der Waals surface area contributed by atoms with Crippen LogP contribution in [0.1, 0.15) is 26.3 Å². The molecule has 0 aliphatic heterocycles. The highest BCUT2D eigenvalue weighted by atomic mass is 32.2. The maximum atomic E-state index is 14.2. The maximum Gasteiger partial charge on any atom is 0.326 e. The molecular weight excluding hydrogens is 529 g/mol. The molecule has 0 saturated heterocycles. The Hall–Kier alpha value is -4.21. The van der Waals surface area contributed by atoms with Gasteiger partial charge in [0, 0.05) is 18.8 Å². The molecule has 0 aliphatic carbocycles. The first-order valence-electron chi connectivity index (χ1n) is 12.8. The lowest BCUT2D eigenvalue weighted by atomic mass is 9.87. The van der Waals surface area contributed by atoms with E-state index in [9.17, 15) is 17.6 Å². The molecule has 9 heteroatoms. The molecule has 4 rings (SSSR count). The minimum Gasteiger partial charge on any atom is -0.457 e. The van der Waals surface area contributed by atoms with Crippen molar-refractivity contribution in [3.63, 3.8) is 0 Å². The predicted octanol–water partition coefficient (Wildman–Crippen LogP) is 6.93. The lowest BCUT2D eigenvalue weighted by Crippen LogP contribution is -2.41. The minimum absolute atomic E-state index is 0.0149. The summed E-state index contributed by atoms with van der Waals surface area (Å²) in [5, 5.41) is 2.57. The van der Waals surface area contributed by atoms with Gasteiger partial charge in [0.2, 0.25) is 10.0 Å². The number of para-hydroxylation sites is 2. The van der Waals surface area contributed by atoms with Crippen LogP contribution < -0.4 is 19.7 Å². The number of carbonyl (C=O) groups is 1. The monoisotopic (exact) mass is 561 g/mol. The summed E-state index contributed by atoms with van der Waals surface area (Å²) in [7, 11) is -3.82. The van der Waals surface area contributed by atoms with Gasteiger partial charge in [-0.05, 0) is 71.6 Å². The van der Waals surface area contributed by atoms with Gasteiger partial charge in [-0.25, -0.2) is 22.3 Å². The number of hydrogen-bond donors (Lipinski definition) is 2. The van der Waals surface area contributed by atoms with Crippen molar-refractivity contribution in [3.8, 4) is 11.5 Å². The summed E-state index contributed by atoms with van der Waals surface area (Å²) in [5.41, 5.74) is 1.40. The number of anilines is 2. The van der Waals surface area contributed by atoms with Crippen molar-refractivity contribution in [3.05, 3.63) is 115 Å². The Kier molecular flexibility index (Phi) is 8.86. The highest BCUT2D eigenvalue weighted by Crippen LogP contribution is 2.26. The quantitative estimate of drug-likeness (QED) is 0.232. The van der Waals surface area contributed by atoms with Crippen molar-refractivity contribution in [2.75, 3.05) is 23.3 Å². The number of ether oxygens (including phenoxy) is 1. The third kappa shape index (κ3) is 7.46. The van der Waals surface area contributed by atoms with Gasteiger partial charge in [-0.3, -0.25) is 4.90 Å². The Balaban J connectivity index is 1.50. The molecule has 4 aromatic rings. The van der Waals surface area contributed by atoms with Gasteiger partial charge in [0.15, 0.2) is 0 Å².